The van der Waals surface area contributed by atoms with Crippen molar-refractivity contribution in [3.05, 3.63) is 18.3 Å². The van der Waals surface area contributed by atoms with Crippen LogP contribution in [-0.2, 0) is 9.59 Å². The highest BCUT2D eigenvalue weighted by atomic mass is 16.5. The number of aromatic nitrogens is 1. The van der Waals surface area contributed by atoms with E-state index in [4.69, 9.17) is 4.74 Å². The molecule has 0 unspecified atom stereocenters. The summed E-state index contributed by atoms with van der Waals surface area (Å²) < 4.78 is 4.94. The Morgan fingerprint density at radius 2 is 1.90 bits per heavy atom. The monoisotopic (exact) mass is 291 g/mol. The first-order valence-electron chi connectivity index (χ1n) is 6.70. The van der Waals surface area contributed by atoms with E-state index in [-0.39, 0.29) is 0 Å². The fourth-order valence-electron chi connectivity index (χ4n) is 2.41. The average molecular weight is 291 g/mol. The first-order valence-corrected chi connectivity index (χ1v) is 6.70. The van der Waals surface area contributed by atoms with Crippen LogP contribution in [0.3, 0.4) is 0 Å². The number of anilines is 1. The lowest BCUT2D eigenvalue weighted by Gasteiger charge is -2.37. The Morgan fingerprint density at radius 1 is 1.24 bits per heavy atom. The molecule has 7 heteroatoms. The quantitative estimate of drug-likeness (QED) is 0.849. The largest absolute Gasteiger partial charge is 0.481 e. The highest BCUT2D eigenvalue weighted by molar-refractivity contribution is 6.29. The molecule has 2 rings (SSSR count). The number of carbonyl (C=O) groups excluding carboxylic acids is 3. The second kappa shape index (κ2) is 5.51. The van der Waals surface area contributed by atoms with Crippen LogP contribution in [0.15, 0.2) is 18.3 Å². The molecule has 0 aliphatic carbocycles. The topological polar surface area (TPSA) is 88.6 Å². The summed E-state index contributed by atoms with van der Waals surface area (Å²) in [6.07, 6.45) is 2.01. The number of urea groups is 1. The number of hydrogen-bond donors (Lipinski definition) is 1. The van der Waals surface area contributed by atoms with Gasteiger partial charge in [0.2, 0.25) is 11.8 Å². The molecule has 2 heterocycles. The minimum absolute atomic E-state index is 0.303. The SMILES string of the molecule is CCC1(CC)C(=O)NC(=O)N(c2ccc(OC)nc2)C1=O. The number of methoxy groups -OCH3 is 1. The highest BCUT2D eigenvalue weighted by Crippen LogP contribution is 2.34. The van der Waals surface area contributed by atoms with Crippen molar-refractivity contribution in [1.29, 1.82) is 0 Å². The van der Waals surface area contributed by atoms with Gasteiger partial charge in [0.15, 0.2) is 0 Å². The Morgan fingerprint density at radius 3 is 2.38 bits per heavy atom. The molecule has 0 radical (unpaired) electrons. The van der Waals surface area contributed by atoms with E-state index >= 15 is 0 Å². The summed E-state index contributed by atoms with van der Waals surface area (Å²) in [4.78, 5) is 41.7. The summed E-state index contributed by atoms with van der Waals surface area (Å²) in [5.74, 6) is -0.689. The number of carbonyl (C=O) groups is 3. The summed E-state index contributed by atoms with van der Waals surface area (Å²) in [6, 6.07) is 2.34. The number of rotatable bonds is 4. The van der Waals surface area contributed by atoms with Crippen LogP contribution < -0.4 is 15.0 Å². The Hall–Kier alpha value is -2.44. The number of amides is 4. The lowest BCUT2D eigenvalue weighted by molar-refractivity contribution is -0.143. The molecule has 1 saturated heterocycles. The molecule has 1 aliphatic heterocycles. The molecule has 0 spiro atoms. The zero-order valence-corrected chi connectivity index (χ0v) is 12.2. The van der Waals surface area contributed by atoms with Crippen LogP contribution in [0, 0.1) is 5.41 Å². The fourth-order valence-corrected chi connectivity index (χ4v) is 2.41. The van der Waals surface area contributed by atoms with E-state index in [1.807, 2.05) is 0 Å². The summed E-state index contributed by atoms with van der Waals surface area (Å²) in [7, 11) is 1.47. The van der Waals surface area contributed by atoms with Crippen molar-refractivity contribution in [2.45, 2.75) is 26.7 Å². The van der Waals surface area contributed by atoms with E-state index in [2.05, 4.69) is 10.3 Å². The van der Waals surface area contributed by atoms with Crippen molar-refractivity contribution in [3.63, 3.8) is 0 Å². The van der Waals surface area contributed by atoms with Gasteiger partial charge in [-0.3, -0.25) is 14.9 Å². The van der Waals surface area contributed by atoms with Crippen LogP contribution in [0.5, 0.6) is 5.88 Å². The lowest BCUT2D eigenvalue weighted by atomic mass is 9.78. The highest BCUT2D eigenvalue weighted by Gasteiger charge is 2.51. The third kappa shape index (κ3) is 2.24. The van der Waals surface area contributed by atoms with Crippen LogP contribution in [-0.4, -0.2) is 29.9 Å². The maximum Gasteiger partial charge on any atom is 0.335 e. The van der Waals surface area contributed by atoms with E-state index < -0.39 is 23.3 Å². The molecule has 1 aromatic rings. The average Bonchev–Trinajstić information content (AvgIpc) is 2.49. The van der Waals surface area contributed by atoms with Crippen molar-refractivity contribution < 1.29 is 19.1 Å². The zero-order chi connectivity index (χ0) is 15.6. The Bertz CT molecular complexity index is 578. The molecule has 112 valence electrons. The van der Waals surface area contributed by atoms with Gasteiger partial charge in [-0.15, -0.1) is 0 Å². The number of pyridine rings is 1. The van der Waals surface area contributed by atoms with E-state index in [1.165, 1.54) is 13.3 Å². The third-order valence-corrected chi connectivity index (χ3v) is 3.87. The second-order valence-corrected chi connectivity index (χ2v) is 4.75. The van der Waals surface area contributed by atoms with Crippen molar-refractivity contribution in [3.8, 4) is 5.88 Å². The van der Waals surface area contributed by atoms with Gasteiger partial charge in [-0.05, 0) is 18.9 Å². The normalized spacial score (nSPS) is 17.7. The van der Waals surface area contributed by atoms with Gasteiger partial charge < -0.3 is 4.74 Å². The third-order valence-electron chi connectivity index (χ3n) is 3.87. The van der Waals surface area contributed by atoms with E-state index in [0.29, 0.717) is 24.4 Å². The molecule has 1 N–H and O–H groups in total. The smallest absolute Gasteiger partial charge is 0.335 e. The Labute approximate surface area is 122 Å². The number of nitrogens with zero attached hydrogens (tertiary/aromatic N) is 2. The number of nitrogens with one attached hydrogen (secondary N) is 1. The minimum Gasteiger partial charge on any atom is -0.481 e. The first-order chi connectivity index (χ1) is 10.00. The standard InChI is InChI=1S/C14H17N3O4/c1-4-14(5-2)11(18)16-13(20)17(12(14)19)9-6-7-10(21-3)15-8-9/h6-8H,4-5H2,1-3H3,(H,16,18,20). The number of hydrogen-bond acceptors (Lipinski definition) is 5. The van der Waals surface area contributed by atoms with Crippen LogP contribution in [0.1, 0.15) is 26.7 Å². The maximum atomic E-state index is 12.7. The van der Waals surface area contributed by atoms with Gasteiger partial charge in [0.1, 0.15) is 5.41 Å². The molecular weight excluding hydrogens is 274 g/mol. The number of ether oxygens (including phenoxy) is 1. The molecule has 0 aromatic carbocycles. The van der Waals surface area contributed by atoms with Gasteiger partial charge in [0, 0.05) is 6.07 Å². The van der Waals surface area contributed by atoms with Gasteiger partial charge >= 0.3 is 6.03 Å². The van der Waals surface area contributed by atoms with Gasteiger partial charge in [-0.2, -0.15) is 0 Å². The van der Waals surface area contributed by atoms with Crippen molar-refractivity contribution in [2.75, 3.05) is 12.0 Å². The van der Waals surface area contributed by atoms with Crippen LogP contribution >= 0.6 is 0 Å². The Balaban J connectivity index is 2.44. The van der Waals surface area contributed by atoms with Crippen molar-refractivity contribution >= 4 is 23.5 Å². The number of barbiturate groups is 1. The van der Waals surface area contributed by atoms with E-state index in [9.17, 15) is 14.4 Å². The molecule has 1 aliphatic rings. The maximum absolute atomic E-state index is 12.7. The van der Waals surface area contributed by atoms with Gasteiger partial charge in [0.25, 0.3) is 5.91 Å². The van der Waals surface area contributed by atoms with E-state index in [0.717, 1.165) is 4.90 Å². The minimum atomic E-state index is -1.21. The van der Waals surface area contributed by atoms with Crippen molar-refractivity contribution in [1.82, 2.24) is 10.3 Å². The van der Waals surface area contributed by atoms with Gasteiger partial charge in [-0.1, -0.05) is 13.8 Å². The molecule has 7 nitrogen and oxygen atoms in total. The van der Waals surface area contributed by atoms with Crippen molar-refractivity contribution in [2.24, 2.45) is 5.41 Å². The van der Waals surface area contributed by atoms with Crippen LogP contribution in [0.4, 0.5) is 10.5 Å². The fraction of sp³-hybridized carbons (Fsp3) is 0.429. The first kappa shape index (κ1) is 15.0. The molecule has 21 heavy (non-hydrogen) atoms. The molecule has 1 aromatic heterocycles. The predicted molar refractivity (Wildman–Crippen MR) is 74.8 cm³/mol. The molecule has 0 atom stereocenters. The van der Waals surface area contributed by atoms with Crippen LogP contribution in [0.25, 0.3) is 0 Å². The summed E-state index contributed by atoms with van der Waals surface area (Å²) in [5, 5.41) is 2.25. The summed E-state index contributed by atoms with van der Waals surface area (Å²) in [6.45, 7) is 3.50. The second-order valence-electron chi connectivity index (χ2n) is 4.75. The zero-order valence-electron chi connectivity index (χ0n) is 12.2. The predicted octanol–water partition coefficient (Wildman–Crippen LogP) is 1.48. The lowest BCUT2D eigenvalue weighted by Crippen LogP contribution is -2.64. The molecule has 0 bridgehead atoms. The number of imide groups is 2. The Kier molecular flexibility index (Phi) is 3.93. The molecule has 0 saturated carbocycles. The van der Waals surface area contributed by atoms with Gasteiger partial charge in [0.05, 0.1) is 19.0 Å². The van der Waals surface area contributed by atoms with Gasteiger partial charge in [-0.25, -0.2) is 14.7 Å². The van der Waals surface area contributed by atoms with E-state index in [1.54, 1.807) is 26.0 Å². The molecule has 1 fully saturated rings. The summed E-state index contributed by atoms with van der Waals surface area (Å²) >= 11 is 0. The summed E-state index contributed by atoms with van der Waals surface area (Å²) in [5.41, 5.74) is -0.912. The van der Waals surface area contributed by atoms with Crippen LogP contribution in [0.2, 0.25) is 0 Å². The molecular formula is C14H17N3O4. The molecule has 4 amide bonds.